The number of phenols is 2. The van der Waals surface area contributed by atoms with Crippen molar-refractivity contribution in [3.05, 3.63) is 53.6 Å². The number of aromatic hydroxyl groups is 2. The van der Waals surface area contributed by atoms with E-state index in [1.807, 2.05) is 19.9 Å². The molecule has 7 nitrogen and oxygen atoms in total. The van der Waals surface area contributed by atoms with E-state index in [9.17, 15) is 20.1 Å². The zero-order valence-corrected chi connectivity index (χ0v) is 14.5. The van der Waals surface area contributed by atoms with E-state index in [1.165, 1.54) is 23.1 Å². The average Bonchev–Trinajstić information content (AvgIpc) is 2.61. The van der Waals surface area contributed by atoms with Crippen molar-refractivity contribution in [2.75, 3.05) is 11.9 Å². The lowest BCUT2D eigenvalue weighted by atomic mass is 10.1. The van der Waals surface area contributed by atoms with Gasteiger partial charge in [-0.25, -0.2) is 4.79 Å². The second-order valence-electron chi connectivity index (χ2n) is 6.13. The van der Waals surface area contributed by atoms with Crippen LogP contribution in [0.3, 0.4) is 0 Å². The number of nitrogens with one attached hydrogen (secondary N) is 1. The standard InChI is InChI=1S/C19H21N3O4/c1-12(2)22(11-18(25)14-6-7-16(23)17(24)9-14)19(26)21-15-5-3-4-13(8-15)10-20/h3-9,12,18,23-25H,11H2,1-2H3,(H,21,26)/t18-/m0/s1. The highest BCUT2D eigenvalue weighted by atomic mass is 16.3. The number of nitrogens with zero attached hydrogens (tertiary/aromatic N) is 2. The van der Waals surface area contributed by atoms with Crippen LogP contribution in [0.25, 0.3) is 0 Å². The summed E-state index contributed by atoms with van der Waals surface area (Å²) in [6, 6.07) is 11.9. The van der Waals surface area contributed by atoms with Crippen molar-refractivity contribution >= 4 is 11.7 Å². The van der Waals surface area contributed by atoms with Crippen LogP contribution in [0.15, 0.2) is 42.5 Å². The first-order valence-electron chi connectivity index (χ1n) is 8.09. The van der Waals surface area contributed by atoms with Crippen molar-refractivity contribution in [2.45, 2.75) is 26.0 Å². The Labute approximate surface area is 151 Å². The Morgan fingerprint density at radius 1 is 1.19 bits per heavy atom. The van der Waals surface area contributed by atoms with Gasteiger partial charge in [-0.05, 0) is 49.7 Å². The number of anilines is 1. The minimum atomic E-state index is -1.04. The van der Waals surface area contributed by atoms with Gasteiger partial charge in [0.25, 0.3) is 0 Å². The second-order valence-corrected chi connectivity index (χ2v) is 6.13. The van der Waals surface area contributed by atoms with E-state index in [-0.39, 0.29) is 24.1 Å². The molecule has 4 N–H and O–H groups in total. The maximum Gasteiger partial charge on any atom is 0.322 e. The Morgan fingerprint density at radius 2 is 1.92 bits per heavy atom. The van der Waals surface area contributed by atoms with Crippen molar-refractivity contribution in [2.24, 2.45) is 0 Å². The van der Waals surface area contributed by atoms with Crippen molar-refractivity contribution in [1.29, 1.82) is 5.26 Å². The Kier molecular flexibility index (Phi) is 6.04. The first kappa shape index (κ1) is 19.1. The number of hydrogen-bond acceptors (Lipinski definition) is 5. The molecule has 0 spiro atoms. The molecule has 0 saturated heterocycles. The monoisotopic (exact) mass is 355 g/mol. The lowest BCUT2D eigenvalue weighted by molar-refractivity contribution is 0.113. The smallest absolute Gasteiger partial charge is 0.322 e. The van der Waals surface area contributed by atoms with Crippen molar-refractivity contribution in [3.63, 3.8) is 0 Å². The van der Waals surface area contributed by atoms with Gasteiger partial charge >= 0.3 is 6.03 Å². The molecule has 2 rings (SSSR count). The zero-order chi connectivity index (χ0) is 19.3. The van der Waals surface area contributed by atoms with Gasteiger partial charge in [0.2, 0.25) is 0 Å². The molecular weight excluding hydrogens is 334 g/mol. The van der Waals surface area contributed by atoms with E-state index >= 15 is 0 Å². The first-order chi connectivity index (χ1) is 12.3. The molecule has 0 saturated carbocycles. The summed E-state index contributed by atoms with van der Waals surface area (Å²) >= 11 is 0. The maximum atomic E-state index is 12.6. The molecule has 2 aromatic rings. The predicted molar refractivity (Wildman–Crippen MR) is 96.7 cm³/mol. The number of carbonyl (C=O) groups is 1. The third kappa shape index (κ3) is 4.65. The topological polar surface area (TPSA) is 117 Å². The van der Waals surface area contributed by atoms with Crippen molar-refractivity contribution < 1.29 is 20.1 Å². The highest BCUT2D eigenvalue weighted by Gasteiger charge is 2.22. The van der Waals surface area contributed by atoms with Gasteiger partial charge in [-0.15, -0.1) is 0 Å². The summed E-state index contributed by atoms with van der Waals surface area (Å²) in [6.45, 7) is 3.62. The van der Waals surface area contributed by atoms with E-state index in [4.69, 9.17) is 5.26 Å². The summed E-state index contributed by atoms with van der Waals surface area (Å²) in [4.78, 5) is 14.0. The lowest BCUT2D eigenvalue weighted by Crippen LogP contribution is -2.42. The van der Waals surface area contributed by atoms with Crippen LogP contribution in [-0.4, -0.2) is 38.8 Å². The van der Waals surface area contributed by atoms with Crippen LogP contribution >= 0.6 is 0 Å². The van der Waals surface area contributed by atoms with Crippen LogP contribution in [0.2, 0.25) is 0 Å². The number of benzene rings is 2. The fourth-order valence-electron chi connectivity index (χ4n) is 2.43. The van der Waals surface area contributed by atoms with E-state index in [2.05, 4.69) is 5.32 Å². The number of hydrogen-bond donors (Lipinski definition) is 4. The molecule has 0 bridgehead atoms. The van der Waals surface area contributed by atoms with Crippen LogP contribution in [0.5, 0.6) is 11.5 Å². The molecular formula is C19H21N3O4. The fraction of sp³-hybridized carbons (Fsp3) is 0.263. The van der Waals surface area contributed by atoms with E-state index in [0.717, 1.165) is 0 Å². The number of aliphatic hydroxyl groups is 1. The number of phenolic OH excluding ortho intramolecular Hbond substituents is 2. The summed E-state index contributed by atoms with van der Waals surface area (Å²) in [5, 5.41) is 41.0. The number of urea groups is 1. The Hall–Kier alpha value is -3.24. The van der Waals surface area contributed by atoms with Gasteiger partial charge in [-0.3, -0.25) is 0 Å². The highest BCUT2D eigenvalue weighted by molar-refractivity contribution is 5.89. The average molecular weight is 355 g/mol. The fourth-order valence-corrected chi connectivity index (χ4v) is 2.43. The minimum Gasteiger partial charge on any atom is -0.504 e. The number of aliphatic hydroxyl groups excluding tert-OH is 1. The van der Waals surface area contributed by atoms with Crippen molar-refractivity contribution in [1.82, 2.24) is 4.90 Å². The molecule has 26 heavy (non-hydrogen) atoms. The van der Waals surface area contributed by atoms with Gasteiger partial charge in [0.15, 0.2) is 11.5 Å². The maximum absolute atomic E-state index is 12.6. The third-order valence-corrected chi connectivity index (χ3v) is 3.88. The summed E-state index contributed by atoms with van der Waals surface area (Å²) < 4.78 is 0. The van der Waals surface area contributed by atoms with Crippen molar-refractivity contribution in [3.8, 4) is 17.6 Å². The molecule has 2 amide bonds. The molecule has 0 fully saturated rings. The molecule has 0 unspecified atom stereocenters. The van der Waals surface area contributed by atoms with Gasteiger partial charge in [0, 0.05) is 11.7 Å². The molecule has 0 aromatic heterocycles. The molecule has 0 heterocycles. The number of rotatable bonds is 5. The van der Waals surface area contributed by atoms with Gasteiger partial charge in [0.05, 0.1) is 24.3 Å². The number of nitriles is 1. The zero-order valence-electron chi connectivity index (χ0n) is 14.5. The Morgan fingerprint density at radius 3 is 2.54 bits per heavy atom. The summed E-state index contributed by atoms with van der Waals surface area (Å²) in [5.74, 6) is -0.618. The van der Waals surface area contributed by atoms with Gasteiger partial charge in [-0.1, -0.05) is 12.1 Å². The molecule has 0 aliphatic rings. The Bertz CT molecular complexity index is 830. The van der Waals surface area contributed by atoms with Gasteiger partial charge < -0.3 is 25.5 Å². The lowest BCUT2D eigenvalue weighted by Gasteiger charge is -2.29. The summed E-state index contributed by atoms with van der Waals surface area (Å²) in [6.07, 6.45) is -1.04. The van der Waals surface area contributed by atoms with Gasteiger partial charge in [0.1, 0.15) is 0 Å². The number of amides is 2. The van der Waals surface area contributed by atoms with Crippen LogP contribution in [0.1, 0.15) is 31.1 Å². The molecule has 136 valence electrons. The Balaban J connectivity index is 2.13. The van der Waals surface area contributed by atoms with Crippen LogP contribution in [0, 0.1) is 11.3 Å². The molecule has 0 aliphatic heterocycles. The minimum absolute atomic E-state index is 0.00828. The largest absolute Gasteiger partial charge is 0.504 e. The van der Waals surface area contributed by atoms with E-state index in [0.29, 0.717) is 16.8 Å². The second kappa shape index (κ2) is 8.23. The molecule has 0 radical (unpaired) electrons. The summed E-state index contributed by atoms with van der Waals surface area (Å²) in [5.41, 5.74) is 1.29. The number of carbonyl (C=O) groups excluding carboxylic acids is 1. The molecule has 0 aliphatic carbocycles. The van der Waals surface area contributed by atoms with Crippen LogP contribution < -0.4 is 5.32 Å². The SMILES string of the molecule is CC(C)N(C[C@H](O)c1ccc(O)c(O)c1)C(=O)Nc1cccc(C#N)c1. The van der Waals surface area contributed by atoms with Crippen LogP contribution in [-0.2, 0) is 0 Å². The quantitative estimate of drug-likeness (QED) is 0.615. The molecule has 1 atom stereocenters. The van der Waals surface area contributed by atoms with E-state index in [1.54, 1.807) is 24.3 Å². The summed E-state index contributed by atoms with van der Waals surface area (Å²) in [7, 11) is 0. The third-order valence-electron chi connectivity index (χ3n) is 3.88. The van der Waals surface area contributed by atoms with Gasteiger partial charge in [-0.2, -0.15) is 5.26 Å². The normalized spacial score (nSPS) is 11.7. The first-order valence-corrected chi connectivity index (χ1v) is 8.09. The highest BCUT2D eigenvalue weighted by Crippen LogP contribution is 2.28. The molecule has 7 heteroatoms. The van der Waals surface area contributed by atoms with E-state index < -0.39 is 12.1 Å². The molecule has 2 aromatic carbocycles. The van der Waals surface area contributed by atoms with Crippen LogP contribution in [0.4, 0.5) is 10.5 Å². The predicted octanol–water partition coefficient (Wildman–Crippen LogP) is 2.95.